The van der Waals surface area contributed by atoms with Crippen molar-refractivity contribution >= 4 is 17.2 Å². The molecule has 0 saturated carbocycles. The van der Waals surface area contributed by atoms with Crippen LogP contribution in [0.5, 0.6) is 0 Å². The van der Waals surface area contributed by atoms with Crippen molar-refractivity contribution in [3.63, 3.8) is 0 Å². The van der Waals surface area contributed by atoms with Gasteiger partial charge in [0.2, 0.25) is 0 Å². The number of anilines is 1. The number of thiophene rings is 1. The van der Waals surface area contributed by atoms with E-state index in [4.69, 9.17) is 0 Å². The van der Waals surface area contributed by atoms with E-state index in [1.165, 1.54) is 0 Å². The summed E-state index contributed by atoms with van der Waals surface area (Å²) >= 11 is 1.57. The first kappa shape index (κ1) is 12.0. The third-order valence-corrected chi connectivity index (χ3v) is 3.02. The Balaban J connectivity index is 2.39. The second-order valence-corrected chi connectivity index (χ2v) is 4.51. The first-order valence-corrected chi connectivity index (χ1v) is 6.47. The van der Waals surface area contributed by atoms with Crippen molar-refractivity contribution in [2.75, 3.05) is 11.9 Å². The summed E-state index contributed by atoms with van der Waals surface area (Å²) in [5, 5.41) is 6.89. The maximum Gasteiger partial charge on any atom is 0.186 e. The van der Waals surface area contributed by atoms with Gasteiger partial charge in [-0.05, 0) is 24.8 Å². The van der Waals surface area contributed by atoms with Gasteiger partial charge in [0, 0.05) is 17.5 Å². The van der Waals surface area contributed by atoms with Crippen LogP contribution in [0, 0.1) is 12.7 Å². The average molecular weight is 251 g/mol. The lowest BCUT2D eigenvalue weighted by Gasteiger charge is -2.08. The van der Waals surface area contributed by atoms with Gasteiger partial charge in [0.25, 0.3) is 0 Å². The van der Waals surface area contributed by atoms with Crippen molar-refractivity contribution in [3.05, 3.63) is 28.3 Å². The molecule has 2 aromatic rings. The Morgan fingerprint density at radius 1 is 1.41 bits per heavy atom. The fourth-order valence-electron chi connectivity index (χ4n) is 1.44. The fraction of sp³-hybridized carbons (Fsp3) is 0.333. The third-order valence-electron chi connectivity index (χ3n) is 2.34. The molecule has 0 aliphatic rings. The maximum atomic E-state index is 13.8. The molecule has 3 nitrogen and oxygen atoms in total. The van der Waals surface area contributed by atoms with Gasteiger partial charge in [-0.3, -0.25) is 0 Å². The van der Waals surface area contributed by atoms with E-state index in [9.17, 15) is 4.39 Å². The summed E-state index contributed by atoms with van der Waals surface area (Å²) in [6.07, 6.45) is 0.927. The molecule has 90 valence electrons. The highest BCUT2D eigenvalue weighted by Gasteiger charge is 2.12. The number of hydrogen-bond acceptors (Lipinski definition) is 4. The predicted molar refractivity (Wildman–Crippen MR) is 68.8 cm³/mol. The zero-order chi connectivity index (χ0) is 12.3. The van der Waals surface area contributed by atoms with Gasteiger partial charge in [0.1, 0.15) is 0 Å². The SMILES string of the molecule is CCCNc1nc(-c2ccsc2)nc(C)c1F. The van der Waals surface area contributed by atoms with E-state index in [-0.39, 0.29) is 5.82 Å². The summed E-state index contributed by atoms with van der Waals surface area (Å²) in [5.74, 6) is 0.502. The first-order chi connectivity index (χ1) is 8.22. The van der Waals surface area contributed by atoms with Gasteiger partial charge in [-0.2, -0.15) is 11.3 Å². The number of aromatic nitrogens is 2. The number of nitrogens with zero attached hydrogens (tertiary/aromatic N) is 2. The van der Waals surface area contributed by atoms with Crippen LogP contribution in [0.4, 0.5) is 10.2 Å². The molecule has 0 saturated heterocycles. The molecule has 0 atom stereocenters. The lowest BCUT2D eigenvalue weighted by molar-refractivity contribution is 0.605. The molecule has 0 bridgehead atoms. The van der Waals surface area contributed by atoms with Gasteiger partial charge in [-0.15, -0.1) is 0 Å². The van der Waals surface area contributed by atoms with Crippen LogP contribution in [-0.4, -0.2) is 16.5 Å². The first-order valence-electron chi connectivity index (χ1n) is 5.53. The predicted octanol–water partition coefficient (Wildman–Crippen LogP) is 3.47. The summed E-state index contributed by atoms with van der Waals surface area (Å²) < 4.78 is 13.8. The lowest BCUT2D eigenvalue weighted by Crippen LogP contribution is -2.08. The Hall–Kier alpha value is -1.49. The Labute approximate surface area is 104 Å². The van der Waals surface area contributed by atoms with Crippen molar-refractivity contribution in [2.45, 2.75) is 20.3 Å². The summed E-state index contributed by atoms with van der Waals surface area (Å²) in [7, 11) is 0. The van der Waals surface area contributed by atoms with E-state index < -0.39 is 0 Å². The Morgan fingerprint density at radius 2 is 2.24 bits per heavy atom. The molecule has 2 rings (SSSR count). The molecule has 0 unspecified atom stereocenters. The zero-order valence-electron chi connectivity index (χ0n) is 9.83. The van der Waals surface area contributed by atoms with Crippen LogP contribution in [0.1, 0.15) is 19.0 Å². The average Bonchev–Trinajstić information content (AvgIpc) is 2.84. The topological polar surface area (TPSA) is 37.8 Å². The maximum absolute atomic E-state index is 13.8. The normalized spacial score (nSPS) is 10.5. The molecule has 0 aromatic carbocycles. The van der Waals surface area contributed by atoms with Crippen LogP contribution in [0.25, 0.3) is 11.4 Å². The summed E-state index contributed by atoms with van der Waals surface area (Å²) in [4.78, 5) is 8.39. The zero-order valence-corrected chi connectivity index (χ0v) is 10.6. The van der Waals surface area contributed by atoms with Gasteiger partial charge in [-0.25, -0.2) is 14.4 Å². The molecule has 0 aliphatic carbocycles. The van der Waals surface area contributed by atoms with Crippen LogP contribution in [0.3, 0.4) is 0 Å². The fourth-order valence-corrected chi connectivity index (χ4v) is 2.07. The summed E-state index contributed by atoms with van der Waals surface area (Å²) in [6.45, 7) is 4.39. The summed E-state index contributed by atoms with van der Waals surface area (Å²) in [6, 6.07) is 1.93. The van der Waals surface area contributed by atoms with Gasteiger partial charge in [0.15, 0.2) is 17.5 Å². The minimum absolute atomic E-state index is 0.292. The monoisotopic (exact) mass is 251 g/mol. The quantitative estimate of drug-likeness (QED) is 0.904. The number of halogens is 1. The third kappa shape index (κ3) is 2.61. The van der Waals surface area contributed by atoms with Crippen molar-refractivity contribution in [1.82, 2.24) is 9.97 Å². The van der Waals surface area contributed by atoms with Crippen LogP contribution >= 0.6 is 11.3 Å². The standard InChI is InChI=1S/C12H14FN3S/c1-3-5-14-12-10(13)8(2)15-11(16-12)9-4-6-17-7-9/h4,6-7H,3,5H2,1-2H3,(H,14,15,16). The van der Waals surface area contributed by atoms with E-state index in [2.05, 4.69) is 15.3 Å². The van der Waals surface area contributed by atoms with Gasteiger partial charge in [-0.1, -0.05) is 6.92 Å². The largest absolute Gasteiger partial charge is 0.368 e. The second-order valence-electron chi connectivity index (χ2n) is 3.73. The highest BCUT2D eigenvalue weighted by atomic mass is 32.1. The molecule has 0 aliphatic heterocycles. The number of hydrogen-bond donors (Lipinski definition) is 1. The van der Waals surface area contributed by atoms with E-state index in [0.29, 0.717) is 23.9 Å². The molecule has 2 heterocycles. The van der Waals surface area contributed by atoms with Crippen molar-refractivity contribution < 1.29 is 4.39 Å². The second kappa shape index (κ2) is 5.23. The lowest BCUT2D eigenvalue weighted by atomic mass is 10.3. The van der Waals surface area contributed by atoms with Crippen molar-refractivity contribution in [1.29, 1.82) is 0 Å². The molecule has 0 amide bonds. The van der Waals surface area contributed by atoms with Gasteiger partial charge >= 0.3 is 0 Å². The Bertz CT molecular complexity index is 497. The molecule has 1 N–H and O–H groups in total. The van der Waals surface area contributed by atoms with E-state index in [0.717, 1.165) is 12.0 Å². The van der Waals surface area contributed by atoms with Crippen molar-refractivity contribution in [2.24, 2.45) is 0 Å². The summed E-state index contributed by atoms with van der Waals surface area (Å²) in [5.41, 5.74) is 1.30. The van der Waals surface area contributed by atoms with E-state index >= 15 is 0 Å². The molecule has 0 fully saturated rings. The van der Waals surface area contributed by atoms with E-state index in [1.54, 1.807) is 18.3 Å². The van der Waals surface area contributed by atoms with Crippen LogP contribution in [-0.2, 0) is 0 Å². The number of aryl methyl sites for hydroxylation is 1. The Kier molecular flexibility index (Phi) is 3.68. The molecule has 17 heavy (non-hydrogen) atoms. The molecule has 0 spiro atoms. The van der Waals surface area contributed by atoms with Crippen LogP contribution in [0.2, 0.25) is 0 Å². The minimum Gasteiger partial charge on any atom is -0.368 e. The molecule has 2 aromatic heterocycles. The highest BCUT2D eigenvalue weighted by Crippen LogP contribution is 2.22. The number of nitrogens with one attached hydrogen (secondary N) is 1. The molecular weight excluding hydrogens is 237 g/mol. The highest BCUT2D eigenvalue weighted by molar-refractivity contribution is 7.08. The minimum atomic E-state index is -0.363. The molecular formula is C12H14FN3S. The van der Waals surface area contributed by atoms with Gasteiger partial charge < -0.3 is 5.32 Å². The smallest absolute Gasteiger partial charge is 0.186 e. The molecule has 0 radical (unpaired) electrons. The number of rotatable bonds is 4. The Morgan fingerprint density at radius 3 is 2.88 bits per heavy atom. The van der Waals surface area contributed by atoms with Gasteiger partial charge in [0.05, 0.1) is 5.69 Å². The molecule has 5 heteroatoms. The van der Waals surface area contributed by atoms with E-state index in [1.807, 2.05) is 23.8 Å². The van der Waals surface area contributed by atoms with Crippen LogP contribution < -0.4 is 5.32 Å². The van der Waals surface area contributed by atoms with Crippen LogP contribution in [0.15, 0.2) is 16.8 Å². The van der Waals surface area contributed by atoms with Crippen molar-refractivity contribution in [3.8, 4) is 11.4 Å².